The maximum absolute atomic E-state index is 12.9. The summed E-state index contributed by atoms with van der Waals surface area (Å²) >= 11 is 0. The van der Waals surface area contributed by atoms with Crippen LogP contribution in [0.1, 0.15) is 18.4 Å². The van der Waals surface area contributed by atoms with Gasteiger partial charge < -0.3 is 15.9 Å². The first-order valence-electron chi connectivity index (χ1n) is 3.97. The van der Waals surface area contributed by atoms with E-state index in [2.05, 4.69) is 0 Å². The first kappa shape index (κ1) is 9.80. The first-order chi connectivity index (χ1) is 6.06. The molecule has 1 aromatic carbocycles. The molecule has 4 heteroatoms. The Morgan fingerprint density at radius 3 is 2.54 bits per heavy atom. The minimum absolute atomic E-state index is 0.0407. The SMILES string of the molecule is CC(CN)c1cc(O)c(O)c(F)c1. The number of aromatic hydroxyl groups is 2. The molecule has 0 amide bonds. The largest absolute Gasteiger partial charge is 0.504 e. The Hall–Kier alpha value is -1.29. The first-order valence-corrected chi connectivity index (χ1v) is 3.97. The molecule has 4 N–H and O–H groups in total. The van der Waals surface area contributed by atoms with Crippen LogP contribution in [-0.2, 0) is 0 Å². The summed E-state index contributed by atoms with van der Waals surface area (Å²) in [5.41, 5.74) is 5.95. The number of hydrogen-bond acceptors (Lipinski definition) is 3. The molecular formula is C9H12FNO2. The molecule has 1 rings (SSSR count). The zero-order chi connectivity index (χ0) is 10.0. The Labute approximate surface area is 75.6 Å². The van der Waals surface area contributed by atoms with E-state index in [1.54, 1.807) is 0 Å². The highest BCUT2D eigenvalue weighted by molar-refractivity contribution is 5.42. The normalized spacial score (nSPS) is 12.8. The Morgan fingerprint density at radius 1 is 1.46 bits per heavy atom. The summed E-state index contributed by atoms with van der Waals surface area (Å²) in [7, 11) is 0. The number of rotatable bonds is 2. The van der Waals surface area contributed by atoms with Crippen molar-refractivity contribution in [1.82, 2.24) is 0 Å². The van der Waals surface area contributed by atoms with E-state index in [1.807, 2.05) is 6.92 Å². The van der Waals surface area contributed by atoms with Crippen molar-refractivity contribution in [3.8, 4) is 11.5 Å². The van der Waals surface area contributed by atoms with Gasteiger partial charge in [-0.3, -0.25) is 0 Å². The topological polar surface area (TPSA) is 66.5 Å². The summed E-state index contributed by atoms with van der Waals surface area (Å²) in [5.74, 6) is -2.03. The van der Waals surface area contributed by atoms with Crippen molar-refractivity contribution in [2.24, 2.45) is 5.73 Å². The quantitative estimate of drug-likeness (QED) is 0.608. The van der Waals surface area contributed by atoms with Crippen LogP contribution in [0.15, 0.2) is 12.1 Å². The molecule has 0 saturated heterocycles. The highest BCUT2D eigenvalue weighted by Crippen LogP contribution is 2.31. The summed E-state index contributed by atoms with van der Waals surface area (Å²) in [4.78, 5) is 0. The molecule has 0 spiro atoms. The van der Waals surface area contributed by atoms with Crippen LogP contribution in [0, 0.1) is 5.82 Å². The van der Waals surface area contributed by atoms with Gasteiger partial charge in [-0.1, -0.05) is 6.92 Å². The van der Waals surface area contributed by atoms with Crippen LogP contribution in [0.4, 0.5) is 4.39 Å². The van der Waals surface area contributed by atoms with E-state index in [0.717, 1.165) is 0 Å². The lowest BCUT2D eigenvalue weighted by molar-refractivity contribution is 0.377. The van der Waals surface area contributed by atoms with Crippen molar-refractivity contribution in [1.29, 1.82) is 0 Å². The summed E-state index contributed by atoms with van der Waals surface area (Å²) in [6.07, 6.45) is 0. The second-order valence-corrected chi connectivity index (χ2v) is 3.01. The predicted molar refractivity (Wildman–Crippen MR) is 47.2 cm³/mol. The number of benzene rings is 1. The van der Waals surface area contributed by atoms with Gasteiger partial charge in [-0.25, -0.2) is 4.39 Å². The zero-order valence-corrected chi connectivity index (χ0v) is 7.29. The average Bonchev–Trinajstić information content (AvgIpc) is 2.12. The molecule has 0 aliphatic heterocycles. The fourth-order valence-electron chi connectivity index (χ4n) is 1.03. The number of phenolic OH excluding ortho intramolecular Hbond substituents is 2. The third-order valence-corrected chi connectivity index (χ3v) is 1.99. The van der Waals surface area contributed by atoms with Gasteiger partial charge in [0.15, 0.2) is 17.3 Å². The maximum Gasteiger partial charge on any atom is 0.194 e. The standard InChI is InChI=1S/C9H12FNO2/c1-5(4-11)6-2-7(10)9(13)8(12)3-6/h2-3,5,12-13H,4,11H2,1H3. The van der Waals surface area contributed by atoms with Gasteiger partial charge in [0.2, 0.25) is 0 Å². The Balaban J connectivity index is 3.13. The van der Waals surface area contributed by atoms with Crippen molar-refractivity contribution < 1.29 is 14.6 Å². The zero-order valence-electron chi connectivity index (χ0n) is 7.29. The monoisotopic (exact) mass is 185 g/mol. The molecule has 0 heterocycles. The molecular weight excluding hydrogens is 173 g/mol. The van der Waals surface area contributed by atoms with Crippen LogP contribution >= 0.6 is 0 Å². The van der Waals surface area contributed by atoms with Crippen molar-refractivity contribution in [3.05, 3.63) is 23.5 Å². The highest BCUT2D eigenvalue weighted by Gasteiger charge is 2.11. The van der Waals surface area contributed by atoms with Gasteiger partial charge in [0.25, 0.3) is 0 Å². The van der Waals surface area contributed by atoms with Crippen LogP contribution in [0.3, 0.4) is 0 Å². The van der Waals surface area contributed by atoms with Crippen LogP contribution in [0.2, 0.25) is 0 Å². The second-order valence-electron chi connectivity index (χ2n) is 3.01. The smallest absolute Gasteiger partial charge is 0.194 e. The fraction of sp³-hybridized carbons (Fsp3) is 0.333. The summed E-state index contributed by atoms with van der Waals surface area (Å²) in [6.45, 7) is 2.18. The van der Waals surface area contributed by atoms with E-state index < -0.39 is 17.3 Å². The minimum atomic E-state index is -0.824. The van der Waals surface area contributed by atoms with E-state index >= 15 is 0 Å². The van der Waals surface area contributed by atoms with Crippen molar-refractivity contribution in [2.45, 2.75) is 12.8 Å². The molecule has 1 aromatic rings. The van der Waals surface area contributed by atoms with Crippen molar-refractivity contribution in [3.63, 3.8) is 0 Å². The number of hydrogen-bond donors (Lipinski definition) is 3. The Morgan fingerprint density at radius 2 is 2.08 bits per heavy atom. The lowest BCUT2D eigenvalue weighted by atomic mass is 10.0. The maximum atomic E-state index is 12.9. The number of halogens is 1. The lowest BCUT2D eigenvalue weighted by Crippen LogP contribution is -2.08. The third kappa shape index (κ3) is 1.89. The molecule has 0 aromatic heterocycles. The third-order valence-electron chi connectivity index (χ3n) is 1.99. The second kappa shape index (κ2) is 3.62. The summed E-state index contributed by atoms with van der Waals surface area (Å²) in [6, 6.07) is 2.49. The van der Waals surface area contributed by atoms with E-state index in [0.29, 0.717) is 12.1 Å². The Bertz CT molecular complexity index is 291. The van der Waals surface area contributed by atoms with E-state index in [4.69, 9.17) is 15.9 Å². The molecule has 72 valence electrons. The van der Waals surface area contributed by atoms with Crippen molar-refractivity contribution in [2.75, 3.05) is 6.54 Å². The van der Waals surface area contributed by atoms with E-state index in [-0.39, 0.29) is 5.92 Å². The summed E-state index contributed by atoms with van der Waals surface area (Å²) < 4.78 is 12.9. The van der Waals surface area contributed by atoms with Gasteiger partial charge in [0.05, 0.1) is 0 Å². The van der Waals surface area contributed by atoms with E-state index in [1.165, 1.54) is 12.1 Å². The van der Waals surface area contributed by atoms with E-state index in [9.17, 15) is 4.39 Å². The van der Waals surface area contributed by atoms with Gasteiger partial charge in [-0.05, 0) is 30.2 Å². The van der Waals surface area contributed by atoms with Gasteiger partial charge in [-0.2, -0.15) is 0 Å². The molecule has 1 atom stereocenters. The molecule has 0 bridgehead atoms. The Kier molecular flexibility index (Phi) is 2.72. The molecule has 0 saturated carbocycles. The average molecular weight is 185 g/mol. The van der Waals surface area contributed by atoms with Crippen LogP contribution < -0.4 is 5.73 Å². The summed E-state index contributed by atoms with van der Waals surface area (Å²) in [5, 5.41) is 18.0. The van der Waals surface area contributed by atoms with Gasteiger partial charge in [0, 0.05) is 0 Å². The molecule has 3 nitrogen and oxygen atoms in total. The minimum Gasteiger partial charge on any atom is -0.504 e. The predicted octanol–water partition coefficient (Wildman–Crippen LogP) is 1.30. The highest BCUT2D eigenvalue weighted by atomic mass is 19.1. The molecule has 0 aliphatic carbocycles. The molecule has 13 heavy (non-hydrogen) atoms. The van der Waals surface area contributed by atoms with Gasteiger partial charge >= 0.3 is 0 Å². The molecule has 0 aliphatic rings. The van der Waals surface area contributed by atoms with Gasteiger partial charge in [-0.15, -0.1) is 0 Å². The number of nitrogens with two attached hydrogens (primary N) is 1. The molecule has 1 unspecified atom stereocenters. The van der Waals surface area contributed by atoms with Crippen LogP contribution in [0.25, 0.3) is 0 Å². The fourth-order valence-corrected chi connectivity index (χ4v) is 1.03. The molecule has 0 fully saturated rings. The lowest BCUT2D eigenvalue weighted by Gasteiger charge is -2.10. The van der Waals surface area contributed by atoms with Crippen LogP contribution in [0.5, 0.6) is 11.5 Å². The number of phenols is 2. The van der Waals surface area contributed by atoms with Gasteiger partial charge in [0.1, 0.15) is 0 Å². The van der Waals surface area contributed by atoms with Crippen molar-refractivity contribution >= 4 is 0 Å². The molecule has 0 radical (unpaired) electrons. The van der Waals surface area contributed by atoms with Crippen LogP contribution in [-0.4, -0.2) is 16.8 Å².